The number of anilines is 3. The van der Waals surface area contributed by atoms with Crippen molar-refractivity contribution in [2.75, 3.05) is 4.90 Å². The third-order valence-electron chi connectivity index (χ3n) is 13.2. The molecule has 0 saturated heterocycles. The van der Waals surface area contributed by atoms with Crippen LogP contribution in [0.5, 0.6) is 0 Å². The van der Waals surface area contributed by atoms with Gasteiger partial charge in [-0.15, -0.1) is 0 Å². The zero-order chi connectivity index (χ0) is 42.8. The highest BCUT2D eigenvalue weighted by Crippen LogP contribution is 2.42. The van der Waals surface area contributed by atoms with E-state index >= 15 is 0 Å². The molecule has 0 atom stereocenters. The van der Waals surface area contributed by atoms with E-state index in [-0.39, 0.29) is 0 Å². The van der Waals surface area contributed by atoms with Crippen LogP contribution in [0.4, 0.5) is 17.1 Å². The second-order valence-corrected chi connectivity index (χ2v) is 16.9. The maximum Gasteiger partial charge on any atom is 0.135 e. The van der Waals surface area contributed by atoms with Crippen LogP contribution < -0.4 is 4.90 Å². The summed E-state index contributed by atoms with van der Waals surface area (Å²) >= 11 is 0. The van der Waals surface area contributed by atoms with Gasteiger partial charge in [0.15, 0.2) is 0 Å². The summed E-state index contributed by atoms with van der Waals surface area (Å²) in [6.07, 6.45) is 0. The van der Waals surface area contributed by atoms with Gasteiger partial charge in [-0.1, -0.05) is 164 Å². The molecule has 13 rings (SSSR count). The Morgan fingerprint density at radius 1 is 0.292 bits per heavy atom. The Kier molecular flexibility index (Phi) is 8.53. The molecular formula is C62H40N2O. The zero-order valence-electron chi connectivity index (χ0n) is 35.4. The highest BCUT2D eigenvalue weighted by atomic mass is 16.3. The second kappa shape index (κ2) is 15.0. The molecule has 0 N–H and O–H groups in total. The number of furan rings is 1. The van der Waals surface area contributed by atoms with Crippen LogP contribution in [-0.2, 0) is 0 Å². The molecule has 3 heteroatoms. The van der Waals surface area contributed by atoms with Crippen LogP contribution in [0, 0.1) is 0 Å². The molecule has 11 aromatic carbocycles. The van der Waals surface area contributed by atoms with E-state index in [1.807, 2.05) is 12.1 Å². The lowest BCUT2D eigenvalue weighted by atomic mass is 9.93. The van der Waals surface area contributed by atoms with Crippen LogP contribution >= 0.6 is 0 Å². The van der Waals surface area contributed by atoms with Crippen LogP contribution in [0.1, 0.15) is 0 Å². The van der Waals surface area contributed by atoms with Gasteiger partial charge in [-0.3, -0.25) is 0 Å². The fraction of sp³-hybridized carbons (Fsp3) is 0. The smallest absolute Gasteiger partial charge is 0.135 e. The van der Waals surface area contributed by atoms with Crippen molar-refractivity contribution in [3.63, 3.8) is 0 Å². The lowest BCUT2D eigenvalue weighted by molar-refractivity contribution is 0.669. The Hall–Kier alpha value is -8.66. The van der Waals surface area contributed by atoms with Crippen molar-refractivity contribution in [3.05, 3.63) is 243 Å². The van der Waals surface area contributed by atoms with E-state index in [0.29, 0.717) is 0 Å². The maximum absolute atomic E-state index is 6.28. The predicted octanol–water partition coefficient (Wildman–Crippen LogP) is 17.5. The largest absolute Gasteiger partial charge is 0.456 e. The zero-order valence-corrected chi connectivity index (χ0v) is 35.4. The number of rotatable bonds is 7. The lowest BCUT2D eigenvalue weighted by Gasteiger charge is -2.26. The summed E-state index contributed by atoms with van der Waals surface area (Å²) in [4.78, 5) is 2.35. The quantitative estimate of drug-likeness (QED) is 0.149. The van der Waals surface area contributed by atoms with E-state index in [2.05, 4.69) is 240 Å². The molecule has 0 bridgehead atoms. The summed E-state index contributed by atoms with van der Waals surface area (Å²) in [5, 5.41) is 9.76. The van der Waals surface area contributed by atoms with Gasteiger partial charge in [0, 0.05) is 44.2 Å². The van der Waals surface area contributed by atoms with Crippen LogP contribution in [0.3, 0.4) is 0 Å². The molecular weight excluding hydrogens is 789 g/mol. The van der Waals surface area contributed by atoms with Crippen molar-refractivity contribution >= 4 is 82.4 Å². The van der Waals surface area contributed by atoms with Crippen LogP contribution in [0.15, 0.2) is 247 Å². The Balaban J connectivity index is 0.901. The van der Waals surface area contributed by atoms with Crippen LogP contribution in [0.2, 0.25) is 0 Å². The minimum Gasteiger partial charge on any atom is -0.456 e. The monoisotopic (exact) mass is 828 g/mol. The number of hydrogen-bond acceptors (Lipinski definition) is 2. The van der Waals surface area contributed by atoms with Gasteiger partial charge < -0.3 is 13.9 Å². The standard InChI is InChI=1S/C62H40N2O/c1-2-17-49-45(14-1)39-56(52-20-4-3-19-51(49)52)42-30-34-47(35-31-42)63(48-36-37-62-57(40-48)55-23-8-12-27-61(55)65-62)46-32-28-41(29-33-46)43-15-13-16-44(38-43)50-18-5-9-24-58(50)64-59-25-10-6-21-53(59)54-22-7-11-26-60(54)64/h1-40H. The van der Waals surface area contributed by atoms with Gasteiger partial charge in [-0.05, 0) is 128 Å². The third-order valence-corrected chi connectivity index (χ3v) is 13.2. The van der Waals surface area contributed by atoms with Gasteiger partial charge in [0.05, 0.1) is 16.7 Å². The third kappa shape index (κ3) is 6.12. The minimum absolute atomic E-state index is 0.878. The summed E-state index contributed by atoms with van der Waals surface area (Å²) in [6.45, 7) is 0. The predicted molar refractivity (Wildman–Crippen MR) is 274 cm³/mol. The topological polar surface area (TPSA) is 21.3 Å². The molecule has 3 nitrogen and oxygen atoms in total. The molecule has 0 unspecified atom stereocenters. The Bertz CT molecular complexity index is 3900. The minimum atomic E-state index is 0.878. The lowest BCUT2D eigenvalue weighted by Crippen LogP contribution is -2.09. The van der Waals surface area contributed by atoms with Gasteiger partial charge in [-0.25, -0.2) is 0 Å². The number of para-hydroxylation sites is 4. The first-order chi connectivity index (χ1) is 32.2. The molecule has 13 aromatic rings. The Labute approximate surface area is 376 Å². The van der Waals surface area contributed by atoms with E-state index in [0.717, 1.165) is 55.8 Å². The SMILES string of the molecule is c1cc(-c2ccc(N(c3ccc(-c4cc5ccccc5c5ccccc45)cc3)c3ccc4oc5ccccc5c4c3)cc2)cc(-c2ccccc2-n2c3ccccc3c3ccccc32)c1. The van der Waals surface area contributed by atoms with Gasteiger partial charge in [0.1, 0.15) is 11.2 Å². The summed E-state index contributed by atoms with van der Waals surface area (Å²) in [5.74, 6) is 0. The molecule has 304 valence electrons. The highest BCUT2D eigenvalue weighted by Gasteiger charge is 2.19. The summed E-state index contributed by atoms with van der Waals surface area (Å²) in [5.41, 5.74) is 15.6. The van der Waals surface area contributed by atoms with Gasteiger partial charge in [0.25, 0.3) is 0 Å². The van der Waals surface area contributed by atoms with Crippen molar-refractivity contribution in [3.8, 4) is 39.1 Å². The number of aromatic nitrogens is 1. The molecule has 0 aliphatic heterocycles. The molecule has 0 saturated carbocycles. The molecule has 2 heterocycles. The summed E-state index contributed by atoms with van der Waals surface area (Å²) < 4.78 is 8.69. The van der Waals surface area contributed by atoms with Crippen molar-refractivity contribution in [1.29, 1.82) is 0 Å². The number of nitrogens with zero attached hydrogens (tertiary/aromatic N) is 2. The molecule has 0 amide bonds. The van der Waals surface area contributed by atoms with E-state index in [1.165, 1.54) is 65.6 Å². The van der Waals surface area contributed by atoms with Gasteiger partial charge in [0.2, 0.25) is 0 Å². The normalized spacial score (nSPS) is 11.7. The molecule has 0 radical (unpaired) electrons. The van der Waals surface area contributed by atoms with E-state index < -0.39 is 0 Å². The summed E-state index contributed by atoms with van der Waals surface area (Å²) in [6, 6.07) is 87.7. The van der Waals surface area contributed by atoms with Gasteiger partial charge in [-0.2, -0.15) is 0 Å². The number of fused-ring (bicyclic) bond motifs is 9. The second-order valence-electron chi connectivity index (χ2n) is 16.9. The first-order valence-electron chi connectivity index (χ1n) is 22.2. The molecule has 0 fully saturated rings. The van der Waals surface area contributed by atoms with Crippen LogP contribution in [-0.4, -0.2) is 4.57 Å². The van der Waals surface area contributed by atoms with Crippen molar-refractivity contribution < 1.29 is 4.42 Å². The highest BCUT2D eigenvalue weighted by molar-refractivity contribution is 6.14. The fourth-order valence-electron chi connectivity index (χ4n) is 10.1. The van der Waals surface area contributed by atoms with E-state index in [1.54, 1.807) is 0 Å². The molecule has 0 aliphatic rings. The van der Waals surface area contributed by atoms with Crippen molar-refractivity contribution in [2.45, 2.75) is 0 Å². The van der Waals surface area contributed by atoms with Gasteiger partial charge >= 0.3 is 0 Å². The van der Waals surface area contributed by atoms with E-state index in [4.69, 9.17) is 4.42 Å². The first kappa shape index (κ1) is 36.9. The summed E-state index contributed by atoms with van der Waals surface area (Å²) in [7, 11) is 0. The molecule has 0 spiro atoms. The Morgan fingerprint density at radius 2 is 0.846 bits per heavy atom. The number of benzene rings is 11. The average molecular weight is 829 g/mol. The van der Waals surface area contributed by atoms with E-state index in [9.17, 15) is 0 Å². The molecule has 2 aromatic heterocycles. The van der Waals surface area contributed by atoms with Crippen molar-refractivity contribution in [2.24, 2.45) is 0 Å². The van der Waals surface area contributed by atoms with Crippen molar-refractivity contribution in [1.82, 2.24) is 4.57 Å². The maximum atomic E-state index is 6.28. The average Bonchev–Trinajstić information content (AvgIpc) is 3.92. The molecule has 65 heavy (non-hydrogen) atoms. The molecule has 0 aliphatic carbocycles. The first-order valence-corrected chi connectivity index (χ1v) is 22.2. The van der Waals surface area contributed by atoms with Crippen LogP contribution in [0.25, 0.3) is 104 Å². The number of hydrogen-bond donors (Lipinski definition) is 0. The Morgan fingerprint density at radius 3 is 1.60 bits per heavy atom. The fourth-order valence-corrected chi connectivity index (χ4v) is 10.1.